The second-order valence-corrected chi connectivity index (χ2v) is 16.7. The summed E-state index contributed by atoms with van der Waals surface area (Å²) < 4.78 is 39.2. The van der Waals surface area contributed by atoms with Gasteiger partial charge in [-0.05, 0) is 97.3 Å². The van der Waals surface area contributed by atoms with Gasteiger partial charge in [-0.1, -0.05) is 133 Å². The molecule has 0 unspecified atom stereocenters. The smallest absolute Gasteiger partial charge is 0.123 e. The molecule has 0 spiro atoms. The van der Waals surface area contributed by atoms with E-state index in [2.05, 4.69) is 179 Å². The lowest BCUT2D eigenvalue weighted by atomic mass is 9.78. The highest BCUT2D eigenvalue weighted by molar-refractivity contribution is 6.13. The van der Waals surface area contributed by atoms with Crippen LogP contribution >= 0.6 is 0 Å². The van der Waals surface area contributed by atoms with Gasteiger partial charge < -0.3 is 13.7 Å². The van der Waals surface area contributed by atoms with E-state index in [0.29, 0.717) is 0 Å². The standard InChI is InChI=1S/C57H39F2N3/c1-57(2,62-50-31-13-7-25-44(50)45-26-8-14-32-51(45)62)56-54(36-17-15-19-38(58)33-36)52(60-46-27-9-3-21-40(46)41-22-4-10-28-47(41)60)35-53(55(56)37-18-16-20-39(59)34-37)61-48-29-11-5-23-42(48)43-24-6-12-30-49(43)61/h3-35H,1-2H3. The number of fused-ring (bicyclic) bond motifs is 9. The fraction of sp³-hybridized carbons (Fsp3) is 0.0526. The van der Waals surface area contributed by atoms with E-state index < -0.39 is 5.54 Å². The fourth-order valence-corrected chi connectivity index (χ4v) is 10.5. The monoisotopic (exact) mass is 803 g/mol. The highest BCUT2D eigenvalue weighted by Gasteiger charge is 2.37. The molecule has 0 radical (unpaired) electrons. The Hall–Kier alpha value is -7.76. The number of nitrogens with zero attached hydrogens (tertiary/aromatic N) is 3. The molecule has 0 bridgehead atoms. The molecule has 12 aromatic rings. The Morgan fingerprint density at radius 1 is 0.339 bits per heavy atom. The van der Waals surface area contributed by atoms with Crippen molar-refractivity contribution >= 4 is 65.4 Å². The molecule has 0 aliphatic heterocycles. The van der Waals surface area contributed by atoms with E-state index in [1.165, 1.54) is 12.1 Å². The van der Waals surface area contributed by atoms with E-state index in [1.54, 1.807) is 24.3 Å². The zero-order valence-corrected chi connectivity index (χ0v) is 34.2. The number of benzene rings is 9. The molecular formula is C57H39F2N3. The van der Waals surface area contributed by atoms with Gasteiger partial charge in [0.05, 0.1) is 39.0 Å². The third-order valence-corrected chi connectivity index (χ3v) is 12.9. The van der Waals surface area contributed by atoms with Crippen LogP contribution in [0.5, 0.6) is 0 Å². The van der Waals surface area contributed by atoms with E-state index in [0.717, 1.165) is 105 Å². The number of halogens is 2. The van der Waals surface area contributed by atoms with Crippen molar-refractivity contribution in [1.29, 1.82) is 0 Å². The van der Waals surface area contributed by atoms with Crippen LogP contribution in [-0.2, 0) is 5.54 Å². The molecule has 62 heavy (non-hydrogen) atoms. The molecule has 5 heteroatoms. The summed E-state index contributed by atoms with van der Waals surface area (Å²) in [7, 11) is 0. The van der Waals surface area contributed by atoms with Crippen LogP contribution < -0.4 is 0 Å². The van der Waals surface area contributed by atoms with Gasteiger partial charge in [-0.3, -0.25) is 0 Å². The highest BCUT2D eigenvalue weighted by Crippen LogP contribution is 2.52. The molecule has 9 aromatic carbocycles. The predicted molar refractivity (Wildman–Crippen MR) is 254 cm³/mol. The normalized spacial score (nSPS) is 12.2. The number of aromatic nitrogens is 3. The van der Waals surface area contributed by atoms with E-state index >= 15 is 8.78 Å². The predicted octanol–water partition coefficient (Wildman–Crippen LogP) is 15.4. The van der Waals surface area contributed by atoms with Gasteiger partial charge in [0.15, 0.2) is 0 Å². The maximum Gasteiger partial charge on any atom is 0.123 e. The van der Waals surface area contributed by atoms with Crippen LogP contribution in [0.2, 0.25) is 0 Å². The van der Waals surface area contributed by atoms with Crippen molar-refractivity contribution in [2.75, 3.05) is 0 Å². The first kappa shape index (κ1) is 36.1. The van der Waals surface area contributed by atoms with Gasteiger partial charge in [-0.25, -0.2) is 8.78 Å². The Balaban J connectivity index is 1.39. The molecule has 296 valence electrons. The number of hydrogen-bond acceptors (Lipinski definition) is 0. The van der Waals surface area contributed by atoms with E-state index in [-0.39, 0.29) is 11.6 Å². The van der Waals surface area contributed by atoms with Crippen molar-refractivity contribution in [2.45, 2.75) is 19.4 Å². The highest BCUT2D eigenvalue weighted by atomic mass is 19.1. The molecule has 12 rings (SSSR count). The van der Waals surface area contributed by atoms with Crippen LogP contribution in [-0.4, -0.2) is 13.7 Å². The summed E-state index contributed by atoms with van der Waals surface area (Å²) in [4.78, 5) is 0. The van der Waals surface area contributed by atoms with Crippen LogP contribution in [0.15, 0.2) is 200 Å². The molecule has 0 fully saturated rings. The lowest BCUT2D eigenvalue weighted by molar-refractivity contribution is 0.467. The molecule has 0 amide bonds. The summed E-state index contributed by atoms with van der Waals surface area (Å²) >= 11 is 0. The zero-order valence-electron chi connectivity index (χ0n) is 34.2. The van der Waals surface area contributed by atoms with Crippen molar-refractivity contribution in [1.82, 2.24) is 13.7 Å². The van der Waals surface area contributed by atoms with Gasteiger partial charge >= 0.3 is 0 Å². The van der Waals surface area contributed by atoms with Gasteiger partial charge in [0.1, 0.15) is 11.6 Å². The van der Waals surface area contributed by atoms with Crippen molar-refractivity contribution in [2.24, 2.45) is 0 Å². The Labute approximate surface area is 356 Å². The van der Waals surface area contributed by atoms with E-state index in [9.17, 15) is 0 Å². The lowest BCUT2D eigenvalue weighted by Crippen LogP contribution is -2.30. The Morgan fingerprint density at radius 2 is 0.645 bits per heavy atom. The van der Waals surface area contributed by atoms with Crippen LogP contribution in [0.1, 0.15) is 19.4 Å². The topological polar surface area (TPSA) is 14.8 Å². The Morgan fingerprint density at radius 3 is 0.984 bits per heavy atom. The number of para-hydroxylation sites is 6. The second kappa shape index (κ2) is 13.6. The summed E-state index contributed by atoms with van der Waals surface area (Å²) in [5.74, 6) is -0.676. The summed E-state index contributed by atoms with van der Waals surface area (Å²) in [6.45, 7) is 4.52. The van der Waals surface area contributed by atoms with Crippen molar-refractivity contribution in [3.63, 3.8) is 0 Å². The van der Waals surface area contributed by atoms with Gasteiger partial charge in [0, 0.05) is 54.5 Å². The van der Waals surface area contributed by atoms with Gasteiger partial charge in [-0.2, -0.15) is 0 Å². The second-order valence-electron chi connectivity index (χ2n) is 16.7. The van der Waals surface area contributed by atoms with Crippen LogP contribution in [0, 0.1) is 11.6 Å². The Kier molecular flexibility index (Phi) is 7.94. The van der Waals surface area contributed by atoms with Crippen LogP contribution in [0.25, 0.3) is 99.0 Å². The minimum absolute atomic E-state index is 0.338. The quantitative estimate of drug-likeness (QED) is 0.159. The van der Waals surface area contributed by atoms with E-state index in [1.807, 2.05) is 12.1 Å². The molecular weight excluding hydrogens is 765 g/mol. The van der Waals surface area contributed by atoms with Crippen LogP contribution in [0.4, 0.5) is 8.78 Å². The SMILES string of the molecule is CC(C)(c1c(-c2cccc(F)c2)c(-n2c3ccccc3c3ccccc32)cc(-n2c3ccccc3c3ccccc32)c1-c1cccc(F)c1)n1c2ccccc2c2ccccc21. The number of rotatable bonds is 6. The molecule has 0 saturated heterocycles. The average molecular weight is 804 g/mol. The Bertz CT molecular complexity index is 3430. The summed E-state index contributed by atoms with van der Waals surface area (Å²) in [5.41, 5.74) is 11.2. The molecule has 3 aromatic heterocycles. The molecule has 3 nitrogen and oxygen atoms in total. The number of hydrogen-bond donors (Lipinski definition) is 0. The minimum atomic E-state index is -0.867. The van der Waals surface area contributed by atoms with Crippen molar-refractivity contribution in [3.8, 4) is 33.6 Å². The van der Waals surface area contributed by atoms with Gasteiger partial charge in [0.2, 0.25) is 0 Å². The van der Waals surface area contributed by atoms with Gasteiger partial charge in [0.25, 0.3) is 0 Å². The minimum Gasteiger partial charge on any atom is -0.331 e. The summed E-state index contributed by atoms with van der Waals surface area (Å²) in [5, 5.41) is 6.73. The van der Waals surface area contributed by atoms with Crippen molar-refractivity contribution in [3.05, 3.63) is 217 Å². The molecule has 0 N–H and O–H groups in total. The first-order valence-corrected chi connectivity index (χ1v) is 21.1. The zero-order chi connectivity index (χ0) is 41.7. The third-order valence-electron chi connectivity index (χ3n) is 12.9. The van der Waals surface area contributed by atoms with E-state index in [4.69, 9.17) is 0 Å². The largest absolute Gasteiger partial charge is 0.331 e. The maximum atomic E-state index is 16.0. The first-order valence-electron chi connectivity index (χ1n) is 21.1. The molecule has 3 heterocycles. The molecule has 0 saturated carbocycles. The maximum absolute atomic E-state index is 16.0. The molecule has 0 aliphatic rings. The molecule has 0 atom stereocenters. The summed E-state index contributed by atoms with van der Waals surface area (Å²) in [6, 6.07) is 67.3. The molecule has 0 aliphatic carbocycles. The van der Waals surface area contributed by atoms with Gasteiger partial charge in [-0.15, -0.1) is 0 Å². The summed E-state index contributed by atoms with van der Waals surface area (Å²) in [6.07, 6.45) is 0. The fourth-order valence-electron chi connectivity index (χ4n) is 10.5. The first-order chi connectivity index (χ1) is 30.4. The van der Waals surface area contributed by atoms with Crippen LogP contribution in [0.3, 0.4) is 0 Å². The third kappa shape index (κ3) is 5.21. The van der Waals surface area contributed by atoms with Crippen molar-refractivity contribution < 1.29 is 8.78 Å². The lowest BCUT2D eigenvalue weighted by Gasteiger charge is -2.37. The average Bonchev–Trinajstić information content (AvgIpc) is 3.95.